The van der Waals surface area contributed by atoms with Gasteiger partial charge in [0.25, 0.3) is 0 Å². The molecule has 4 fully saturated rings. The molecule has 146 valence electrons. The second-order valence-electron chi connectivity index (χ2n) is 10.5. The lowest BCUT2D eigenvalue weighted by Gasteiger charge is -2.68. The summed E-state index contributed by atoms with van der Waals surface area (Å²) in [7, 11) is 1.54. The van der Waals surface area contributed by atoms with Crippen LogP contribution < -0.4 is 0 Å². The Morgan fingerprint density at radius 3 is 2.81 bits per heavy atom. The van der Waals surface area contributed by atoms with E-state index in [0.717, 1.165) is 51.5 Å². The summed E-state index contributed by atoms with van der Waals surface area (Å²) in [6, 6.07) is 0. The van der Waals surface area contributed by atoms with E-state index in [4.69, 9.17) is 9.73 Å². The molecular weight excluding hydrogens is 338 g/mol. The minimum Gasteiger partial charge on any atom is -0.469 e. The van der Waals surface area contributed by atoms with Crippen LogP contribution in [-0.2, 0) is 9.53 Å². The molecule has 0 aromatic carbocycles. The van der Waals surface area contributed by atoms with Gasteiger partial charge in [-0.2, -0.15) is 0 Å². The second kappa shape index (κ2) is 4.87. The Bertz CT molecular complexity index is 814. The molecule has 2 spiro atoms. The number of fused-ring (bicyclic) bond motifs is 1. The Balaban J connectivity index is 1.65. The van der Waals surface area contributed by atoms with Crippen molar-refractivity contribution in [1.29, 1.82) is 0 Å². The number of rotatable bonds is 1. The summed E-state index contributed by atoms with van der Waals surface area (Å²) in [4.78, 5) is 18.0. The molecule has 7 rings (SSSR count). The van der Waals surface area contributed by atoms with Gasteiger partial charge in [0.15, 0.2) is 0 Å². The number of aliphatic imine (C=N–C) groups is 1. The molecule has 4 heteroatoms. The maximum Gasteiger partial charge on any atom is 0.309 e. The Kier molecular flexibility index (Phi) is 3.02. The maximum atomic E-state index is 12.8. The van der Waals surface area contributed by atoms with Crippen molar-refractivity contribution in [3.05, 3.63) is 11.1 Å². The van der Waals surface area contributed by atoms with Crippen LogP contribution >= 0.6 is 0 Å². The van der Waals surface area contributed by atoms with Gasteiger partial charge < -0.3 is 9.84 Å². The van der Waals surface area contributed by atoms with Crippen LogP contribution in [-0.4, -0.2) is 36.5 Å². The Hall–Kier alpha value is -1.16. The molecule has 0 aromatic rings. The fourth-order valence-corrected chi connectivity index (χ4v) is 9.11. The van der Waals surface area contributed by atoms with Crippen molar-refractivity contribution < 1.29 is 14.6 Å². The molecule has 0 aromatic heterocycles. The highest BCUT2D eigenvalue weighted by atomic mass is 16.5. The van der Waals surface area contributed by atoms with E-state index in [-0.39, 0.29) is 34.2 Å². The van der Waals surface area contributed by atoms with Crippen LogP contribution in [0.25, 0.3) is 0 Å². The summed E-state index contributed by atoms with van der Waals surface area (Å²) in [5.74, 6) is 1.03. The zero-order chi connectivity index (χ0) is 18.8. The van der Waals surface area contributed by atoms with Gasteiger partial charge in [-0.3, -0.25) is 9.79 Å². The highest BCUT2D eigenvalue weighted by molar-refractivity contribution is 6.04. The van der Waals surface area contributed by atoms with E-state index in [1.807, 2.05) is 0 Å². The predicted octanol–water partition coefficient (Wildman–Crippen LogP) is 3.53. The first kappa shape index (κ1) is 16.8. The summed E-state index contributed by atoms with van der Waals surface area (Å²) in [5.41, 5.74) is 4.28. The summed E-state index contributed by atoms with van der Waals surface area (Å²) < 4.78 is 5.27. The number of hydrogen-bond donors (Lipinski definition) is 1. The van der Waals surface area contributed by atoms with Crippen LogP contribution in [0.4, 0.5) is 0 Å². The molecule has 6 aliphatic carbocycles. The Morgan fingerprint density at radius 2 is 2.04 bits per heavy atom. The summed E-state index contributed by atoms with van der Waals surface area (Å²) in [5, 5.41) is 11.6. The Morgan fingerprint density at radius 1 is 1.26 bits per heavy atom. The second-order valence-corrected chi connectivity index (χ2v) is 10.5. The SMILES string of the molecule is COC(=O)C1CC23C4=NCC(C)C45CCC2(C)C(CCC2=C3C1CC2)C5O. The molecule has 0 amide bonds. The van der Waals surface area contributed by atoms with Crippen molar-refractivity contribution >= 4 is 11.7 Å². The van der Waals surface area contributed by atoms with E-state index in [0.29, 0.717) is 17.8 Å². The van der Waals surface area contributed by atoms with Crippen LogP contribution in [0, 0.1) is 39.9 Å². The third-order valence-corrected chi connectivity index (χ3v) is 10.2. The molecule has 4 bridgehead atoms. The molecule has 7 aliphatic rings. The number of allylic oxidation sites excluding steroid dienone is 2. The van der Waals surface area contributed by atoms with Crippen LogP contribution in [0.15, 0.2) is 16.1 Å². The van der Waals surface area contributed by atoms with E-state index in [1.54, 1.807) is 11.1 Å². The first-order chi connectivity index (χ1) is 12.9. The van der Waals surface area contributed by atoms with Crippen LogP contribution in [0.3, 0.4) is 0 Å². The molecule has 1 heterocycles. The minimum atomic E-state index is -0.270. The highest BCUT2D eigenvalue weighted by Gasteiger charge is 2.78. The fraction of sp³-hybridized carbons (Fsp3) is 0.826. The first-order valence-electron chi connectivity index (χ1n) is 11.0. The molecular formula is C23H31NO3. The first-order valence-corrected chi connectivity index (χ1v) is 11.0. The van der Waals surface area contributed by atoms with Gasteiger partial charge in [0.05, 0.1) is 19.1 Å². The number of nitrogens with zero attached hydrogens (tertiary/aromatic N) is 1. The predicted molar refractivity (Wildman–Crippen MR) is 102 cm³/mol. The van der Waals surface area contributed by atoms with Gasteiger partial charge >= 0.3 is 5.97 Å². The lowest BCUT2D eigenvalue weighted by Crippen LogP contribution is -2.71. The number of carbonyl (C=O) groups is 1. The number of aliphatic hydroxyl groups excluding tert-OH is 1. The number of aliphatic hydroxyl groups is 1. The van der Waals surface area contributed by atoms with E-state index in [2.05, 4.69) is 13.8 Å². The molecule has 0 radical (unpaired) electrons. The lowest BCUT2D eigenvalue weighted by atomic mass is 9.35. The van der Waals surface area contributed by atoms with E-state index in [1.165, 1.54) is 12.8 Å². The zero-order valence-corrected chi connectivity index (χ0v) is 16.8. The van der Waals surface area contributed by atoms with Crippen molar-refractivity contribution in [1.82, 2.24) is 0 Å². The zero-order valence-electron chi connectivity index (χ0n) is 16.8. The Labute approximate surface area is 161 Å². The normalized spacial score (nSPS) is 54.5. The van der Waals surface area contributed by atoms with Gasteiger partial charge in [0.1, 0.15) is 0 Å². The van der Waals surface area contributed by atoms with Gasteiger partial charge in [-0.25, -0.2) is 0 Å². The van der Waals surface area contributed by atoms with Gasteiger partial charge in [-0.1, -0.05) is 25.0 Å². The van der Waals surface area contributed by atoms with Crippen LogP contribution in [0.1, 0.15) is 58.8 Å². The van der Waals surface area contributed by atoms with Gasteiger partial charge in [0, 0.05) is 23.1 Å². The average molecular weight is 370 g/mol. The van der Waals surface area contributed by atoms with Crippen LogP contribution in [0.2, 0.25) is 0 Å². The van der Waals surface area contributed by atoms with Crippen molar-refractivity contribution in [3.63, 3.8) is 0 Å². The topological polar surface area (TPSA) is 58.9 Å². The fourth-order valence-electron chi connectivity index (χ4n) is 9.11. The summed E-state index contributed by atoms with van der Waals surface area (Å²) >= 11 is 0. The van der Waals surface area contributed by atoms with Gasteiger partial charge in [0.2, 0.25) is 0 Å². The smallest absolute Gasteiger partial charge is 0.309 e. The minimum absolute atomic E-state index is 0.0229. The lowest BCUT2D eigenvalue weighted by molar-refractivity contribution is -0.157. The number of hydrogen-bond acceptors (Lipinski definition) is 4. The third-order valence-electron chi connectivity index (χ3n) is 10.2. The van der Waals surface area contributed by atoms with E-state index >= 15 is 0 Å². The third kappa shape index (κ3) is 1.50. The van der Waals surface area contributed by atoms with Crippen LogP contribution in [0.5, 0.6) is 0 Å². The molecule has 0 saturated heterocycles. The van der Waals surface area contributed by atoms with Gasteiger partial charge in [-0.05, 0) is 68.1 Å². The molecule has 1 N–H and O–H groups in total. The standard InChI is InChI=1S/C23H31NO3/c1-12-11-24-20-22(12)9-8-21(2)16(18(22)25)7-5-13-4-6-14-15(19(26)27-3)10-23(20,21)17(13)14/h12,14-16,18,25H,4-11H2,1-3H3. The average Bonchev–Trinajstić information content (AvgIpc) is 3.29. The van der Waals surface area contributed by atoms with Gasteiger partial charge in [-0.15, -0.1) is 0 Å². The molecule has 8 atom stereocenters. The van der Waals surface area contributed by atoms with Crippen molar-refractivity contribution in [3.8, 4) is 0 Å². The van der Waals surface area contributed by atoms with Crippen molar-refractivity contribution in [2.75, 3.05) is 13.7 Å². The number of methoxy groups -OCH3 is 1. The largest absolute Gasteiger partial charge is 0.469 e. The quantitative estimate of drug-likeness (QED) is 0.568. The van der Waals surface area contributed by atoms with Crippen molar-refractivity contribution in [2.45, 2.75) is 64.9 Å². The summed E-state index contributed by atoms with van der Waals surface area (Å²) in [6.07, 6.45) is 7.28. The highest BCUT2D eigenvalue weighted by Crippen LogP contribution is 2.79. The molecule has 4 nitrogen and oxygen atoms in total. The number of esters is 1. The molecule has 8 unspecified atom stereocenters. The monoisotopic (exact) mass is 369 g/mol. The molecule has 4 saturated carbocycles. The molecule has 1 aliphatic heterocycles. The maximum absolute atomic E-state index is 12.8. The number of carbonyl (C=O) groups excluding carboxylic acids is 1. The molecule has 27 heavy (non-hydrogen) atoms. The number of ether oxygens (including phenoxy) is 1. The van der Waals surface area contributed by atoms with Crippen molar-refractivity contribution in [2.24, 2.45) is 44.9 Å². The van der Waals surface area contributed by atoms with E-state index in [9.17, 15) is 9.90 Å². The van der Waals surface area contributed by atoms with E-state index < -0.39 is 0 Å². The summed E-state index contributed by atoms with van der Waals surface area (Å²) in [6.45, 7) is 5.57.